The van der Waals surface area contributed by atoms with Crippen LogP contribution in [0, 0.1) is 12.8 Å². The lowest BCUT2D eigenvalue weighted by Gasteiger charge is -2.14. The fourth-order valence-electron chi connectivity index (χ4n) is 4.27. The smallest absolute Gasteiger partial charge is 0.0414 e. The van der Waals surface area contributed by atoms with Crippen LogP contribution in [0.2, 0.25) is 0 Å². The van der Waals surface area contributed by atoms with E-state index in [4.69, 9.17) is 0 Å². The van der Waals surface area contributed by atoms with Gasteiger partial charge in [-0.3, -0.25) is 0 Å². The second kappa shape index (κ2) is 24.0. The summed E-state index contributed by atoms with van der Waals surface area (Å²) in [5.41, 5.74) is 0. The second-order valence-electron chi connectivity index (χ2n) is 9.10. The molecule has 0 fully saturated rings. The van der Waals surface area contributed by atoms with Gasteiger partial charge < -0.3 is 0 Å². The Balaban J connectivity index is 3.20. The molecule has 1 radical (unpaired) electrons. The summed E-state index contributed by atoms with van der Waals surface area (Å²) in [5.74, 6) is 0.911. The Morgan fingerprint density at radius 3 is 0.926 bits per heavy atom. The molecule has 0 saturated carbocycles. The summed E-state index contributed by atoms with van der Waals surface area (Å²) in [7, 11) is 0. The molecule has 1 unspecified atom stereocenters. The molecule has 0 saturated heterocycles. The molecule has 0 nitrogen and oxygen atoms in total. The molecule has 0 N–H and O–H groups in total. The molecule has 0 amide bonds. The van der Waals surface area contributed by atoms with Crippen molar-refractivity contribution in [3.8, 4) is 0 Å². The molecule has 27 heavy (non-hydrogen) atoms. The monoisotopic (exact) mass is 379 g/mol. The summed E-state index contributed by atoms with van der Waals surface area (Å²) in [6.07, 6.45) is 33.1. The lowest BCUT2D eigenvalue weighted by molar-refractivity contribution is 0.405. The average molecular weight is 380 g/mol. The van der Waals surface area contributed by atoms with Gasteiger partial charge in [0.25, 0.3) is 0 Å². The molecule has 0 spiro atoms. The topological polar surface area (TPSA) is 0 Å². The molecule has 0 aliphatic carbocycles. The van der Waals surface area contributed by atoms with Crippen LogP contribution in [-0.4, -0.2) is 0 Å². The molecule has 0 aromatic carbocycles. The molecule has 0 heterocycles. The number of hydrogen-bond donors (Lipinski definition) is 0. The van der Waals surface area contributed by atoms with E-state index in [1.54, 1.807) is 0 Å². The van der Waals surface area contributed by atoms with E-state index in [0.29, 0.717) is 0 Å². The minimum absolute atomic E-state index is 0.911. The highest BCUT2D eigenvalue weighted by Gasteiger charge is 2.05. The fraction of sp³-hybridized carbons (Fsp3) is 0.963. The zero-order valence-corrected chi connectivity index (χ0v) is 19.5. The van der Waals surface area contributed by atoms with Gasteiger partial charge in [-0.2, -0.15) is 0 Å². The molecule has 0 aromatic heterocycles. The fourth-order valence-corrected chi connectivity index (χ4v) is 4.27. The Morgan fingerprint density at radius 1 is 0.407 bits per heavy atom. The van der Waals surface area contributed by atoms with Crippen LogP contribution in [0.3, 0.4) is 0 Å². The molecular weight excluding hydrogens is 324 g/mol. The maximum Gasteiger partial charge on any atom is -0.0414 e. The molecule has 0 bridgehead atoms. The number of hydrogen-bond acceptors (Lipinski definition) is 0. The predicted octanol–water partition coefficient (Wildman–Crippen LogP) is 10.4. The molecule has 0 aromatic rings. The van der Waals surface area contributed by atoms with Crippen LogP contribution in [0.1, 0.15) is 162 Å². The minimum atomic E-state index is 0.911. The normalized spacial score (nSPS) is 12.6. The summed E-state index contributed by atoms with van der Waals surface area (Å²) in [6.45, 7) is 8.79. The van der Waals surface area contributed by atoms with Gasteiger partial charge in [0.05, 0.1) is 0 Å². The standard InChI is InChI=1S/C27H55/c1-4-7-9-11-12-13-14-15-16-17-18-19-20-22-24-26-27(6-3)25-23-21-10-8-5-2/h27H,3-26H2,1-2H3. The summed E-state index contributed by atoms with van der Waals surface area (Å²) >= 11 is 0. The first-order valence-electron chi connectivity index (χ1n) is 13.1. The van der Waals surface area contributed by atoms with E-state index in [0.717, 1.165) is 12.3 Å². The first kappa shape index (κ1) is 27.0. The number of rotatable bonds is 23. The highest BCUT2D eigenvalue weighted by atomic mass is 14.1. The van der Waals surface area contributed by atoms with Crippen molar-refractivity contribution in [2.75, 3.05) is 0 Å². The van der Waals surface area contributed by atoms with Gasteiger partial charge in [-0.15, -0.1) is 0 Å². The summed E-state index contributed by atoms with van der Waals surface area (Å²) in [6, 6.07) is 0. The van der Waals surface area contributed by atoms with Crippen LogP contribution in [0.5, 0.6) is 0 Å². The molecule has 0 rings (SSSR count). The van der Waals surface area contributed by atoms with Crippen molar-refractivity contribution >= 4 is 0 Å². The van der Waals surface area contributed by atoms with E-state index in [-0.39, 0.29) is 0 Å². The maximum absolute atomic E-state index is 4.19. The van der Waals surface area contributed by atoms with Crippen LogP contribution < -0.4 is 0 Å². The lowest BCUT2D eigenvalue weighted by Crippen LogP contribution is -1.99. The zero-order chi connectivity index (χ0) is 19.8. The van der Waals surface area contributed by atoms with E-state index in [1.807, 2.05) is 0 Å². The van der Waals surface area contributed by atoms with Crippen LogP contribution >= 0.6 is 0 Å². The molecular formula is C27H55. The Labute approximate surface area is 174 Å². The summed E-state index contributed by atoms with van der Waals surface area (Å²) < 4.78 is 0. The third kappa shape index (κ3) is 22.2. The van der Waals surface area contributed by atoms with Gasteiger partial charge in [0.2, 0.25) is 0 Å². The van der Waals surface area contributed by atoms with Crippen molar-refractivity contribution in [1.82, 2.24) is 0 Å². The quantitative estimate of drug-likeness (QED) is 0.155. The van der Waals surface area contributed by atoms with Crippen molar-refractivity contribution < 1.29 is 0 Å². The van der Waals surface area contributed by atoms with Crippen LogP contribution in [0.4, 0.5) is 0 Å². The maximum atomic E-state index is 4.19. The van der Waals surface area contributed by atoms with Crippen molar-refractivity contribution in [2.24, 2.45) is 5.92 Å². The van der Waals surface area contributed by atoms with E-state index in [9.17, 15) is 0 Å². The van der Waals surface area contributed by atoms with Gasteiger partial charge in [-0.25, -0.2) is 0 Å². The Morgan fingerprint density at radius 2 is 0.667 bits per heavy atom. The molecule has 0 aliphatic rings. The largest absolute Gasteiger partial charge is 0.0654 e. The SMILES string of the molecule is [CH2]CC(CCCCCCC)CCCCCCCCCCCCCCCCC. The van der Waals surface area contributed by atoms with Crippen LogP contribution in [0.15, 0.2) is 0 Å². The minimum Gasteiger partial charge on any atom is -0.0654 e. The van der Waals surface area contributed by atoms with Crippen LogP contribution in [0.25, 0.3) is 0 Å². The molecule has 0 heteroatoms. The van der Waals surface area contributed by atoms with Gasteiger partial charge in [0.15, 0.2) is 0 Å². The van der Waals surface area contributed by atoms with Gasteiger partial charge in [0.1, 0.15) is 0 Å². The Bertz CT molecular complexity index is 244. The van der Waals surface area contributed by atoms with E-state index in [2.05, 4.69) is 20.8 Å². The number of unbranched alkanes of at least 4 members (excludes halogenated alkanes) is 18. The molecule has 0 aliphatic heterocycles. The van der Waals surface area contributed by atoms with Crippen molar-refractivity contribution in [1.29, 1.82) is 0 Å². The van der Waals surface area contributed by atoms with E-state index in [1.165, 1.54) is 141 Å². The van der Waals surface area contributed by atoms with E-state index < -0.39 is 0 Å². The summed E-state index contributed by atoms with van der Waals surface area (Å²) in [4.78, 5) is 0. The third-order valence-electron chi connectivity index (χ3n) is 6.34. The lowest BCUT2D eigenvalue weighted by atomic mass is 9.92. The van der Waals surface area contributed by atoms with Gasteiger partial charge >= 0.3 is 0 Å². The zero-order valence-electron chi connectivity index (χ0n) is 19.5. The Hall–Kier alpha value is 0. The Kier molecular flexibility index (Phi) is 24.0. The first-order chi connectivity index (χ1) is 13.3. The van der Waals surface area contributed by atoms with Gasteiger partial charge in [-0.1, -0.05) is 168 Å². The molecule has 163 valence electrons. The first-order valence-corrected chi connectivity index (χ1v) is 13.1. The average Bonchev–Trinajstić information content (AvgIpc) is 2.69. The highest BCUT2D eigenvalue weighted by molar-refractivity contribution is 4.62. The molecule has 1 atom stereocenters. The van der Waals surface area contributed by atoms with Crippen molar-refractivity contribution in [3.05, 3.63) is 6.92 Å². The van der Waals surface area contributed by atoms with Crippen LogP contribution in [-0.2, 0) is 0 Å². The van der Waals surface area contributed by atoms with E-state index >= 15 is 0 Å². The second-order valence-corrected chi connectivity index (χ2v) is 9.10. The van der Waals surface area contributed by atoms with Gasteiger partial charge in [0, 0.05) is 0 Å². The predicted molar refractivity (Wildman–Crippen MR) is 126 cm³/mol. The van der Waals surface area contributed by atoms with Gasteiger partial charge in [-0.05, 0) is 5.92 Å². The van der Waals surface area contributed by atoms with Crippen molar-refractivity contribution in [2.45, 2.75) is 162 Å². The van der Waals surface area contributed by atoms with Crippen molar-refractivity contribution in [3.63, 3.8) is 0 Å². The highest BCUT2D eigenvalue weighted by Crippen LogP contribution is 2.21. The third-order valence-corrected chi connectivity index (χ3v) is 6.34. The summed E-state index contributed by atoms with van der Waals surface area (Å²) in [5, 5.41) is 0.